The first-order chi connectivity index (χ1) is 13.6. The fraction of sp³-hybridized carbons (Fsp3) is 0.524. The van der Waals surface area contributed by atoms with E-state index in [4.69, 9.17) is 32.7 Å². The minimum absolute atomic E-state index is 0.0999. The molecule has 8 heteroatoms. The van der Waals surface area contributed by atoms with E-state index in [1.165, 1.54) is 0 Å². The molecule has 2 unspecified atom stereocenters. The number of hydrogen-bond donors (Lipinski definition) is 0. The van der Waals surface area contributed by atoms with Crippen molar-refractivity contribution in [1.82, 2.24) is 14.7 Å². The molecular weight excluding hydrogens is 413 g/mol. The minimum Gasteiger partial charge on any atom is -0.444 e. The van der Waals surface area contributed by atoms with Gasteiger partial charge in [0.05, 0.1) is 28.4 Å². The number of rotatable bonds is 3. The second-order valence-corrected chi connectivity index (χ2v) is 9.06. The highest BCUT2D eigenvalue weighted by Crippen LogP contribution is 2.36. The van der Waals surface area contributed by atoms with Gasteiger partial charge in [-0.05, 0) is 39.3 Å². The number of likely N-dealkylation sites (tertiary alicyclic amines) is 1. The predicted octanol–water partition coefficient (Wildman–Crippen LogP) is 5.13. The maximum atomic E-state index is 12.4. The van der Waals surface area contributed by atoms with E-state index in [2.05, 4.69) is 5.10 Å². The van der Waals surface area contributed by atoms with Crippen LogP contribution in [0, 0.1) is 0 Å². The van der Waals surface area contributed by atoms with Gasteiger partial charge in [-0.15, -0.1) is 0 Å². The number of benzene rings is 1. The lowest BCUT2D eigenvalue weighted by Gasteiger charge is -2.38. The molecule has 1 saturated heterocycles. The van der Waals surface area contributed by atoms with Crippen molar-refractivity contribution in [2.24, 2.45) is 7.05 Å². The Balaban J connectivity index is 1.82. The highest BCUT2D eigenvalue weighted by molar-refractivity contribution is 6.43. The third-order valence-electron chi connectivity index (χ3n) is 5.04. The molecule has 2 heterocycles. The number of halogens is 2. The van der Waals surface area contributed by atoms with Gasteiger partial charge in [0.25, 0.3) is 0 Å². The number of hydrogen-bond acceptors (Lipinski definition) is 4. The summed E-state index contributed by atoms with van der Waals surface area (Å²) in [7, 11) is 3.58. The number of carbonyl (C=O) groups is 1. The van der Waals surface area contributed by atoms with Crippen LogP contribution in [-0.4, -0.2) is 52.7 Å². The number of carbonyl (C=O) groups excluding carboxylic acids is 1. The monoisotopic (exact) mass is 439 g/mol. The van der Waals surface area contributed by atoms with Crippen molar-refractivity contribution in [2.45, 2.75) is 44.8 Å². The van der Waals surface area contributed by atoms with Crippen LogP contribution in [0.15, 0.2) is 24.3 Å². The fourth-order valence-corrected chi connectivity index (χ4v) is 4.05. The zero-order valence-electron chi connectivity index (χ0n) is 17.4. The van der Waals surface area contributed by atoms with E-state index >= 15 is 0 Å². The molecule has 1 aliphatic rings. The van der Waals surface area contributed by atoms with Crippen LogP contribution in [0.25, 0.3) is 11.3 Å². The average molecular weight is 440 g/mol. The molecule has 3 rings (SSSR count). The summed E-state index contributed by atoms with van der Waals surface area (Å²) in [6.45, 7) is 6.66. The molecule has 0 aliphatic carbocycles. The smallest absolute Gasteiger partial charge is 0.410 e. The van der Waals surface area contributed by atoms with Gasteiger partial charge in [0, 0.05) is 37.9 Å². The van der Waals surface area contributed by atoms with Crippen molar-refractivity contribution in [3.63, 3.8) is 0 Å². The molecule has 1 amide bonds. The van der Waals surface area contributed by atoms with Crippen LogP contribution in [0.5, 0.6) is 0 Å². The molecule has 0 radical (unpaired) electrons. The van der Waals surface area contributed by atoms with Crippen LogP contribution in [-0.2, 0) is 16.5 Å². The van der Waals surface area contributed by atoms with Crippen LogP contribution in [0.2, 0.25) is 10.0 Å². The van der Waals surface area contributed by atoms with E-state index in [0.717, 1.165) is 23.4 Å². The molecule has 0 saturated carbocycles. The summed E-state index contributed by atoms with van der Waals surface area (Å²) in [5.74, 6) is 0.0999. The summed E-state index contributed by atoms with van der Waals surface area (Å²) >= 11 is 12.5. The molecule has 1 aromatic heterocycles. The number of nitrogens with zero attached hydrogens (tertiary/aromatic N) is 3. The molecule has 2 atom stereocenters. The Morgan fingerprint density at radius 1 is 1.28 bits per heavy atom. The first kappa shape index (κ1) is 21.9. The molecule has 158 valence electrons. The molecular formula is C21H27Cl2N3O3. The van der Waals surface area contributed by atoms with Gasteiger partial charge in [-0.2, -0.15) is 5.10 Å². The van der Waals surface area contributed by atoms with E-state index in [0.29, 0.717) is 23.1 Å². The van der Waals surface area contributed by atoms with Gasteiger partial charge in [-0.1, -0.05) is 35.3 Å². The van der Waals surface area contributed by atoms with Crippen molar-refractivity contribution in [2.75, 3.05) is 20.2 Å². The summed E-state index contributed by atoms with van der Waals surface area (Å²) in [5.41, 5.74) is 2.07. The Labute approximate surface area is 181 Å². The summed E-state index contributed by atoms with van der Waals surface area (Å²) in [5, 5.41) is 5.63. The molecule has 29 heavy (non-hydrogen) atoms. The van der Waals surface area contributed by atoms with Gasteiger partial charge >= 0.3 is 6.09 Å². The Bertz CT molecular complexity index is 892. The second-order valence-electron chi connectivity index (χ2n) is 8.28. The van der Waals surface area contributed by atoms with Crippen molar-refractivity contribution >= 4 is 29.3 Å². The van der Waals surface area contributed by atoms with Crippen LogP contribution in [0.1, 0.15) is 38.8 Å². The van der Waals surface area contributed by atoms with Crippen LogP contribution in [0.3, 0.4) is 0 Å². The Kier molecular flexibility index (Phi) is 6.46. The van der Waals surface area contributed by atoms with Gasteiger partial charge in [0.1, 0.15) is 5.60 Å². The SMILES string of the molecule is COC1CN(C(=O)OC(C)(C)C)CCC1c1cc(-c2cccc(Cl)c2Cl)nn1C. The number of aryl methyl sites for hydroxylation is 1. The van der Waals surface area contributed by atoms with Gasteiger partial charge in [-0.3, -0.25) is 4.68 Å². The number of piperidine rings is 1. The minimum atomic E-state index is -0.524. The topological polar surface area (TPSA) is 56.6 Å². The molecule has 0 N–H and O–H groups in total. The lowest BCUT2D eigenvalue weighted by molar-refractivity contribution is -0.0149. The van der Waals surface area contributed by atoms with E-state index < -0.39 is 5.60 Å². The summed E-state index contributed by atoms with van der Waals surface area (Å²) in [6.07, 6.45) is 0.281. The lowest BCUT2D eigenvalue weighted by Crippen LogP contribution is -2.48. The Morgan fingerprint density at radius 2 is 2.00 bits per heavy atom. The summed E-state index contributed by atoms with van der Waals surface area (Å²) in [4.78, 5) is 14.2. The van der Waals surface area contributed by atoms with Crippen molar-refractivity contribution < 1.29 is 14.3 Å². The molecule has 2 aromatic rings. The van der Waals surface area contributed by atoms with Crippen molar-refractivity contribution in [3.8, 4) is 11.3 Å². The molecule has 1 aliphatic heterocycles. The Morgan fingerprint density at radius 3 is 2.66 bits per heavy atom. The lowest BCUT2D eigenvalue weighted by atomic mass is 9.90. The van der Waals surface area contributed by atoms with E-state index in [9.17, 15) is 4.79 Å². The van der Waals surface area contributed by atoms with Gasteiger partial charge in [0.2, 0.25) is 0 Å². The van der Waals surface area contributed by atoms with E-state index in [-0.39, 0.29) is 18.1 Å². The second kappa shape index (κ2) is 8.54. The predicted molar refractivity (Wildman–Crippen MR) is 115 cm³/mol. The summed E-state index contributed by atoms with van der Waals surface area (Å²) < 4.78 is 13.1. The van der Waals surface area contributed by atoms with Gasteiger partial charge < -0.3 is 14.4 Å². The van der Waals surface area contributed by atoms with Crippen LogP contribution >= 0.6 is 23.2 Å². The Hall–Kier alpha value is -1.76. The highest BCUT2D eigenvalue weighted by Gasteiger charge is 2.36. The standard InChI is InChI=1S/C21H27Cl2N3O3/c1-21(2,3)29-20(27)26-10-9-14(18(12-26)28-5)17-11-16(24-25(17)4)13-7-6-8-15(22)19(13)23/h6-8,11,14,18H,9-10,12H2,1-5H3. The largest absolute Gasteiger partial charge is 0.444 e. The maximum absolute atomic E-state index is 12.4. The third kappa shape index (κ3) is 4.87. The number of aromatic nitrogens is 2. The van der Waals surface area contributed by atoms with E-state index in [1.807, 2.05) is 50.7 Å². The van der Waals surface area contributed by atoms with Crippen molar-refractivity contribution in [1.29, 1.82) is 0 Å². The summed E-state index contributed by atoms with van der Waals surface area (Å²) in [6, 6.07) is 7.54. The zero-order chi connectivity index (χ0) is 21.3. The van der Waals surface area contributed by atoms with Gasteiger partial charge in [0.15, 0.2) is 0 Å². The van der Waals surface area contributed by atoms with Crippen LogP contribution in [0.4, 0.5) is 4.79 Å². The quantitative estimate of drug-likeness (QED) is 0.664. The average Bonchev–Trinajstić information content (AvgIpc) is 3.03. The number of ether oxygens (including phenoxy) is 2. The molecule has 6 nitrogen and oxygen atoms in total. The van der Waals surface area contributed by atoms with E-state index in [1.54, 1.807) is 18.1 Å². The van der Waals surface area contributed by atoms with Crippen LogP contribution < -0.4 is 0 Å². The zero-order valence-corrected chi connectivity index (χ0v) is 18.9. The third-order valence-corrected chi connectivity index (χ3v) is 5.86. The number of amides is 1. The number of methoxy groups -OCH3 is 1. The first-order valence-corrected chi connectivity index (χ1v) is 10.4. The van der Waals surface area contributed by atoms with Crippen molar-refractivity contribution in [3.05, 3.63) is 40.0 Å². The first-order valence-electron chi connectivity index (χ1n) is 9.59. The molecule has 0 spiro atoms. The molecule has 1 aromatic carbocycles. The van der Waals surface area contributed by atoms with Gasteiger partial charge in [-0.25, -0.2) is 4.79 Å². The molecule has 0 bridgehead atoms. The normalized spacial score (nSPS) is 20.0. The fourth-order valence-electron chi connectivity index (χ4n) is 3.65. The highest BCUT2D eigenvalue weighted by atomic mass is 35.5. The maximum Gasteiger partial charge on any atom is 0.410 e. The molecule has 1 fully saturated rings.